The van der Waals surface area contributed by atoms with Gasteiger partial charge in [0.15, 0.2) is 0 Å². The highest BCUT2D eigenvalue weighted by Gasteiger charge is 2.20. The Bertz CT molecular complexity index is 483. The number of amides is 2. The second-order valence-electron chi connectivity index (χ2n) is 6.37. The van der Waals surface area contributed by atoms with Gasteiger partial charge in [-0.2, -0.15) is 0 Å². The van der Waals surface area contributed by atoms with Crippen LogP contribution in [0.15, 0.2) is 24.5 Å². The lowest BCUT2D eigenvalue weighted by atomic mass is 9.96. The highest BCUT2D eigenvalue weighted by Crippen LogP contribution is 2.21. The van der Waals surface area contributed by atoms with Crippen LogP contribution in [-0.4, -0.2) is 49.9 Å². The average molecular weight is 318 g/mol. The van der Waals surface area contributed by atoms with Crippen molar-refractivity contribution in [3.05, 3.63) is 24.5 Å². The monoisotopic (exact) mass is 318 g/mol. The standard InChI is InChI=1S/C17H26N4O2/c22-17(20-13-16-4-2-10-23-16)19-11-14-5-8-21(9-6-14)15-3-1-7-18-12-15/h1,3,7,12,14,16H,2,4-6,8-11,13H2,(H2,19,20,22)/t16-/m0/s1. The summed E-state index contributed by atoms with van der Waals surface area (Å²) in [7, 11) is 0. The quantitative estimate of drug-likeness (QED) is 0.868. The highest BCUT2D eigenvalue weighted by atomic mass is 16.5. The Morgan fingerprint density at radius 2 is 2.09 bits per heavy atom. The van der Waals surface area contributed by atoms with Crippen molar-refractivity contribution in [3.8, 4) is 0 Å². The third-order valence-electron chi connectivity index (χ3n) is 4.69. The molecule has 2 amide bonds. The second kappa shape index (κ2) is 8.15. The summed E-state index contributed by atoms with van der Waals surface area (Å²) < 4.78 is 5.50. The minimum atomic E-state index is -0.0739. The van der Waals surface area contributed by atoms with Crippen LogP contribution in [0, 0.1) is 5.92 Å². The number of aromatic nitrogens is 1. The van der Waals surface area contributed by atoms with E-state index in [9.17, 15) is 4.79 Å². The molecule has 23 heavy (non-hydrogen) atoms. The van der Waals surface area contributed by atoms with Gasteiger partial charge in [-0.15, -0.1) is 0 Å². The largest absolute Gasteiger partial charge is 0.376 e. The molecule has 1 aromatic rings. The molecule has 0 aromatic carbocycles. The van der Waals surface area contributed by atoms with Gasteiger partial charge in [-0.05, 0) is 43.7 Å². The molecule has 0 spiro atoms. The average Bonchev–Trinajstić information content (AvgIpc) is 3.13. The fourth-order valence-electron chi connectivity index (χ4n) is 3.25. The number of hydrogen-bond donors (Lipinski definition) is 2. The second-order valence-corrected chi connectivity index (χ2v) is 6.37. The lowest BCUT2D eigenvalue weighted by Gasteiger charge is -2.33. The van der Waals surface area contributed by atoms with Crippen LogP contribution in [0.3, 0.4) is 0 Å². The van der Waals surface area contributed by atoms with E-state index in [-0.39, 0.29) is 12.1 Å². The molecule has 126 valence electrons. The lowest BCUT2D eigenvalue weighted by molar-refractivity contribution is 0.111. The van der Waals surface area contributed by atoms with Crippen molar-refractivity contribution in [2.24, 2.45) is 5.92 Å². The van der Waals surface area contributed by atoms with E-state index in [1.54, 1.807) is 6.20 Å². The molecule has 0 radical (unpaired) electrons. The van der Waals surface area contributed by atoms with Gasteiger partial charge in [-0.3, -0.25) is 4.98 Å². The Labute approximate surface area is 137 Å². The third kappa shape index (κ3) is 4.82. The van der Waals surface area contributed by atoms with Gasteiger partial charge in [0.25, 0.3) is 0 Å². The number of pyridine rings is 1. The molecule has 6 heteroatoms. The Balaban J connectivity index is 1.32. The van der Waals surface area contributed by atoms with Gasteiger partial charge in [0.1, 0.15) is 0 Å². The first kappa shape index (κ1) is 16.1. The van der Waals surface area contributed by atoms with Gasteiger partial charge >= 0.3 is 6.03 Å². The summed E-state index contributed by atoms with van der Waals surface area (Å²) in [6.45, 7) is 4.23. The van der Waals surface area contributed by atoms with E-state index < -0.39 is 0 Å². The van der Waals surface area contributed by atoms with Crippen LogP contribution in [0.1, 0.15) is 25.7 Å². The molecule has 2 aliphatic rings. The van der Waals surface area contributed by atoms with Gasteiger partial charge < -0.3 is 20.3 Å². The van der Waals surface area contributed by atoms with Crippen molar-refractivity contribution in [2.75, 3.05) is 37.7 Å². The molecule has 0 saturated carbocycles. The summed E-state index contributed by atoms with van der Waals surface area (Å²) in [6, 6.07) is 4.00. The Morgan fingerprint density at radius 3 is 2.78 bits per heavy atom. The number of hydrogen-bond acceptors (Lipinski definition) is 4. The van der Waals surface area contributed by atoms with Crippen molar-refractivity contribution >= 4 is 11.7 Å². The molecule has 1 atom stereocenters. The first-order valence-electron chi connectivity index (χ1n) is 8.59. The van der Waals surface area contributed by atoms with Crippen LogP contribution in [0.2, 0.25) is 0 Å². The highest BCUT2D eigenvalue weighted by molar-refractivity contribution is 5.73. The summed E-state index contributed by atoms with van der Waals surface area (Å²) >= 11 is 0. The van der Waals surface area contributed by atoms with Crippen LogP contribution in [0.4, 0.5) is 10.5 Å². The first-order valence-corrected chi connectivity index (χ1v) is 8.59. The Hall–Kier alpha value is -1.82. The van der Waals surface area contributed by atoms with Crippen LogP contribution in [0.25, 0.3) is 0 Å². The zero-order chi connectivity index (χ0) is 15.9. The number of nitrogens with zero attached hydrogens (tertiary/aromatic N) is 2. The molecule has 3 heterocycles. The predicted molar refractivity (Wildman–Crippen MR) is 89.5 cm³/mol. The smallest absolute Gasteiger partial charge is 0.314 e. The molecule has 2 aliphatic heterocycles. The zero-order valence-corrected chi connectivity index (χ0v) is 13.5. The molecular formula is C17H26N4O2. The number of ether oxygens (including phenoxy) is 1. The van der Waals surface area contributed by atoms with Gasteiger partial charge in [0.05, 0.1) is 18.0 Å². The molecule has 2 N–H and O–H groups in total. The van der Waals surface area contributed by atoms with Crippen molar-refractivity contribution < 1.29 is 9.53 Å². The number of carbonyl (C=O) groups excluding carboxylic acids is 1. The fraction of sp³-hybridized carbons (Fsp3) is 0.647. The molecule has 0 bridgehead atoms. The third-order valence-corrected chi connectivity index (χ3v) is 4.69. The SMILES string of the molecule is O=C(NCC1CCN(c2cccnc2)CC1)NC[C@@H]1CCCO1. The number of rotatable bonds is 5. The minimum absolute atomic E-state index is 0.0739. The van der Waals surface area contributed by atoms with E-state index in [2.05, 4.69) is 26.6 Å². The minimum Gasteiger partial charge on any atom is -0.376 e. The van der Waals surface area contributed by atoms with Crippen LogP contribution in [-0.2, 0) is 4.74 Å². The Kier molecular flexibility index (Phi) is 5.69. The molecule has 0 aliphatic carbocycles. The molecule has 1 aromatic heterocycles. The molecular weight excluding hydrogens is 292 g/mol. The molecule has 2 fully saturated rings. The van der Waals surface area contributed by atoms with Gasteiger partial charge in [0.2, 0.25) is 0 Å². The molecule has 2 saturated heterocycles. The lowest BCUT2D eigenvalue weighted by Crippen LogP contribution is -2.43. The summed E-state index contributed by atoms with van der Waals surface area (Å²) in [6.07, 6.45) is 8.26. The van der Waals surface area contributed by atoms with Crippen LogP contribution < -0.4 is 15.5 Å². The van der Waals surface area contributed by atoms with Gasteiger partial charge in [-0.25, -0.2) is 4.79 Å². The molecule has 0 unspecified atom stereocenters. The predicted octanol–water partition coefficient (Wildman–Crippen LogP) is 1.78. The van der Waals surface area contributed by atoms with E-state index in [0.29, 0.717) is 12.5 Å². The van der Waals surface area contributed by atoms with Crippen LogP contribution >= 0.6 is 0 Å². The van der Waals surface area contributed by atoms with E-state index in [1.165, 1.54) is 5.69 Å². The van der Waals surface area contributed by atoms with Crippen molar-refractivity contribution in [3.63, 3.8) is 0 Å². The number of urea groups is 1. The molecule has 3 rings (SSSR count). The summed E-state index contributed by atoms with van der Waals surface area (Å²) in [4.78, 5) is 18.4. The first-order chi connectivity index (χ1) is 11.3. The van der Waals surface area contributed by atoms with Gasteiger partial charge in [0, 0.05) is 39.0 Å². The van der Waals surface area contributed by atoms with Crippen LogP contribution in [0.5, 0.6) is 0 Å². The maximum Gasteiger partial charge on any atom is 0.314 e. The number of nitrogens with one attached hydrogen (secondary N) is 2. The normalized spacial score (nSPS) is 22.1. The zero-order valence-electron chi connectivity index (χ0n) is 13.5. The number of anilines is 1. The molecule has 6 nitrogen and oxygen atoms in total. The number of piperidine rings is 1. The van der Waals surface area contributed by atoms with Crippen molar-refractivity contribution in [1.82, 2.24) is 15.6 Å². The van der Waals surface area contributed by atoms with E-state index >= 15 is 0 Å². The maximum atomic E-state index is 11.8. The summed E-state index contributed by atoms with van der Waals surface area (Å²) in [5.74, 6) is 0.552. The number of carbonyl (C=O) groups is 1. The van der Waals surface area contributed by atoms with E-state index in [1.807, 2.05) is 12.3 Å². The maximum absolute atomic E-state index is 11.8. The van der Waals surface area contributed by atoms with E-state index in [4.69, 9.17) is 4.74 Å². The van der Waals surface area contributed by atoms with Gasteiger partial charge in [-0.1, -0.05) is 0 Å². The van der Waals surface area contributed by atoms with Crippen molar-refractivity contribution in [2.45, 2.75) is 31.8 Å². The summed E-state index contributed by atoms with van der Waals surface area (Å²) in [5, 5.41) is 5.90. The Morgan fingerprint density at radius 1 is 1.26 bits per heavy atom. The van der Waals surface area contributed by atoms with Crippen molar-refractivity contribution in [1.29, 1.82) is 0 Å². The topological polar surface area (TPSA) is 66.5 Å². The van der Waals surface area contributed by atoms with E-state index in [0.717, 1.165) is 51.9 Å². The summed E-state index contributed by atoms with van der Waals surface area (Å²) in [5.41, 5.74) is 1.19. The fourth-order valence-corrected chi connectivity index (χ4v) is 3.25.